The highest BCUT2D eigenvalue weighted by Crippen LogP contribution is 2.25. The molecular formula is C20H19N5O3S. The molecule has 0 unspecified atom stereocenters. The number of aromatic nitrogens is 4. The summed E-state index contributed by atoms with van der Waals surface area (Å²) in [6.07, 6.45) is 1.41. The van der Waals surface area contributed by atoms with E-state index in [0.717, 1.165) is 21.3 Å². The molecule has 148 valence electrons. The van der Waals surface area contributed by atoms with Gasteiger partial charge >= 0.3 is 5.69 Å². The number of benzene rings is 1. The molecule has 0 aliphatic heterocycles. The highest BCUT2D eigenvalue weighted by atomic mass is 32.1. The van der Waals surface area contributed by atoms with Crippen molar-refractivity contribution in [3.8, 4) is 11.1 Å². The number of hydrogen-bond acceptors (Lipinski definition) is 5. The van der Waals surface area contributed by atoms with Crippen LogP contribution in [0.25, 0.3) is 22.3 Å². The lowest BCUT2D eigenvalue weighted by Crippen LogP contribution is -2.38. The number of amides is 1. The molecule has 8 nitrogen and oxygen atoms in total. The summed E-state index contributed by atoms with van der Waals surface area (Å²) in [4.78, 5) is 41.2. The normalized spacial score (nSPS) is 11.1. The van der Waals surface area contributed by atoms with Gasteiger partial charge in [0.25, 0.3) is 5.56 Å². The summed E-state index contributed by atoms with van der Waals surface area (Å²) in [7, 11) is 2.95. The summed E-state index contributed by atoms with van der Waals surface area (Å²) in [5.41, 5.74) is 2.75. The predicted molar refractivity (Wildman–Crippen MR) is 112 cm³/mol. The first-order chi connectivity index (χ1) is 14.0. The maximum atomic E-state index is 12.5. The average Bonchev–Trinajstić information content (AvgIpc) is 3.40. The van der Waals surface area contributed by atoms with E-state index in [4.69, 9.17) is 0 Å². The van der Waals surface area contributed by atoms with Crippen molar-refractivity contribution in [1.82, 2.24) is 24.0 Å². The molecule has 3 heterocycles. The summed E-state index contributed by atoms with van der Waals surface area (Å²) in [6.45, 7) is 0.304. The third-order valence-corrected chi connectivity index (χ3v) is 5.54. The van der Waals surface area contributed by atoms with Crippen LogP contribution in [0, 0.1) is 0 Å². The van der Waals surface area contributed by atoms with E-state index in [0.29, 0.717) is 6.54 Å². The molecular weight excluding hydrogens is 390 g/mol. The molecule has 0 aliphatic carbocycles. The lowest BCUT2D eigenvalue weighted by atomic mass is 10.0. The minimum Gasteiger partial charge on any atom is -0.350 e. The van der Waals surface area contributed by atoms with Crippen molar-refractivity contribution in [1.29, 1.82) is 0 Å². The van der Waals surface area contributed by atoms with Crippen LogP contribution in [-0.4, -0.2) is 24.6 Å². The van der Waals surface area contributed by atoms with Crippen LogP contribution in [-0.2, 0) is 32.0 Å². The van der Waals surface area contributed by atoms with E-state index in [2.05, 4.69) is 15.7 Å². The van der Waals surface area contributed by atoms with Crippen LogP contribution in [0.4, 0.5) is 0 Å². The van der Waals surface area contributed by atoms with Gasteiger partial charge in [-0.25, -0.2) is 9.78 Å². The molecule has 4 rings (SSSR count). The molecule has 0 radical (unpaired) electrons. The molecule has 0 saturated carbocycles. The zero-order valence-corrected chi connectivity index (χ0v) is 16.8. The van der Waals surface area contributed by atoms with E-state index in [1.54, 1.807) is 18.4 Å². The molecule has 1 amide bonds. The van der Waals surface area contributed by atoms with Crippen LogP contribution in [0.5, 0.6) is 0 Å². The third-order valence-electron chi connectivity index (χ3n) is 4.86. The molecule has 9 heteroatoms. The maximum Gasteiger partial charge on any atom is 0.332 e. The van der Waals surface area contributed by atoms with Gasteiger partial charge in [0.15, 0.2) is 11.2 Å². The minimum atomic E-state index is -0.476. The van der Waals surface area contributed by atoms with Gasteiger partial charge in [0.1, 0.15) is 6.54 Å². The molecule has 1 aromatic carbocycles. The molecule has 0 aliphatic rings. The van der Waals surface area contributed by atoms with Gasteiger partial charge in [-0.2, -0.15) is 11.3 Å². The Morgan fingerprint density at radius 2 is 1.93 bits per heavy atom. The molecule has 29 heavy (non-hydrogen) atoms. The van der Waals surface area contributed by atoms with E-state index < -0.39 is 11.2 Å². The second-order valence-electron chi connectivity index (χ2n) is 6.70. The molecule has 4 aromatic rings. The van der Waals surface area contributed by atoms with Crippen molar-refractivity contribution < 1.29 is 4.79 Å². The largest absolute Gasteiger partial charge is 0.350 e. The Kier molecular flexibility index (Phi) is 4.89. The first-order valence-electron chi connectivity index (χ1n) is 8.95. The first-order valence-corrected chi connectivity index (χ1v) is 9.89. The first kappa shape index (κ1) is 18.9. The Bertz CT molecular complexity index is 1310. The summed E-state index contributed by atoms with van der Waals surface area (Å²) >= 11 is 1.62. The standard InChI is InChI=1S/C20H19N5O3S/c1-23-18-17(19(27)24(2)20(23)28)25(12-22-18)10-16(26)21-9-13-5-3-4-6-15(13)14-7-8-29-11-14/h3-8,11-12H,9-10H2,1-2H3,(H,21,26). The number of carbonyl (C=O) groups is 1. The zero-order valence-electron chi connectivity index (χ0n) is 16.0. The predicted octanol–water partition coefficient (Wildman–Crippen LogP) is 1.48. The Morgan fingerprint density at radius 3 is 2.69 bits per heavy atom. The summed E-state index contributed by atoms with van der Waals surface area (Å²) < 4.78 is 3.77. The maximum absolute atomic E-state index is 12.5. The lowest BCUT2D eigenvalue weighted by Gasteiger charge is -2.11. The monoisotopic (exact) mass is 409 g/mol. The van der Waals surface area contributed by atoms with E-state index in [-0.39, 0.29) is 23.6 Å². The van der Waals surface area contributed by atoms with Crippen molar-refractivity contribution in [3.63, 3.8) is 0 Å². The van der Waals surface area contributed by atoms with Gasteiger partial charge in [-0.05, 0) is 33.5 Å². The fourth-order valence-electron chi connectivity index (χ4n) is 3.30. The van der Waals surface area contributed by atoms with Crippen LogP contribution in [0.3, 0.4) is 0 Å². The fraction of sp³-hybridized carbons (Fsp3) is 0.200. The molecule has 0 atom stereocenters. The Hall–Kier alpha value is -3.46. The lowest BCUT2D eigenvalue weighted by molar-refractivity contribution is -0.121. The number of nitrogens with one attached hydrogen (secondary N) is 1. The van der Waals surface area contributed by atoms with Crippen molar-refractivity contribution in [2.75, 3.05) is 0 Å². The molecule has 3 aromatic heterocycles. The molecule has 0 bridgehead atoms. The zero-order chi connectivity index (χ0) is 20.5. The van der Waals surface area contributed by atoms with Crippen molar-refractivity contribution >= 4 is 28.4 Å². The van der Waals surface area contributed by atoms with E-state index in [1.807, 2.05) is 35.7 Å². The average molecular weight is 409 g/mol. The van der Waals surface area contributed by atoms with E-state index in [9.17, 15) is 14.4 Å². The van der Waals surface area contributed by atoms with Crippen molar-refractivity contribution in [2.45, 2.75) is 13.1 Å². The molecule has 1 N–H and O–H groups in total. The number of nitrogens with zero attached hydrogens (tertiary/aromatic N) is 4. The number of carbonyl (C=O) groups excluding carboxylic acids is 1. The molecule has 0 saturated heterocycles. The van der Waals surface area contributed by atoms with Gasteiger partial charge in [-0.3, -0.25) is 18.7 Å². The molecule has 0 spiro atoms. The van der Waals surface area contributed by atoms with Gasteiger partial charge in [0.05, 0.1) is 6.33 Å². The summed E-state index contributed by atoms with van der Waals surface area (Å²) in [5.74, 6) is -0.250. The number of aryl methyl sites for hydroxylation is 1. The van der Waals surface area contributed by atoms with Crippen molar-refractivity contribution in [3.05, 3.63) is 73.8 Å². The number of thiophene rings is 1. The van der Waals surface area contributed by atoms with Gasteiger partial charge in [-0.15, -0.1) is 0 Å². The molecule has 0 fully saturated rings. The van der Waals surface area contributed by atoms with Crippen LogP contribution in [0.15, 0.2) is 57.0 Å². The summed E-state index contributed by atoms with van der Waals surface area (Å²) in [5, 5.41) is 6.99. The fourth-order valence-corrected chi connectivity index (χ4v) is 3.95. The van der Waals surface area contributed by atoms with Gasteiger partial charge in [0, 0.05) is 20.6 Å². The van der Waals surface area contributed by atoms with Crippen LogP contribution in [0.2, 0.25) is 0 Å². The number of hydrogen-bond donors (Lipinski definition) is 1. The topological polar surface area (TPSA) is 90.9 Å². The Labute approximate surface area is 169 Å². The van der Waals surface area contributed by atoms with E-state index in [1.165, 1.54) is 22.5 Å². The van der Waals surface area contributed by atoms with E-state index >= 15 is 0 Å². The Balaban J connectivity index is 1.55. The third kappa shape index (κ3) is 3.40. The summed E-state index contributed by atoms with van der Waals surface area (Å²) in [6, 6.07) is 9.95. The highest BCUT2D eigenvalue weighted by molar-refractivity contribution is 7.08. The van der Waals surface area contributed by atoms with Crippen LogP contribution >= 0.6 is 11.3 Å². The number of fused-ring (bicyclic) bond motifs is 1. The Morgan fingerprint density at radius 1 is 1.14 bits per heavy atom. The smallest absolute Gasteiger partial charge is 0.332 e. The van der Waals surface area contributed by atoms with Gasteiger partial charge < -0.3 is 9.88 Å². The number of imidazole rings is 1. The van der Waals surface area contributed by atoms with Crippen LogP contribution in [0.1, 0.15) is 5.56 Å². The highest BCUT2D eigenvalue weighted by Gasteiger charge is 2.16. The second-order valence-corrected chi connectivity index (χ2v) is 7.48. The van der Waals surface area contributed by atoms with Gasteiger partial charge in [-0.1, -0.05) is 24.3 Å². The van der Waals surface area contributed by atoms with Gasteiger partial charge in [0.2, 0.25) is 5.91 Å². The second kappa shape index (κ2) is 7.51. The minimum absolute atomic E-state index is 0.0649. The SMILES string of the molecule is Cn1c(=O)c2c(ncn2CC(=O)NCc2ccccc2-c2ccsc2)n(C)c1=O. The quantitative estimate of drug-likeness (QED) is 0.541. The number of rotatable bonds is 5. The van der Waals surface area contributed by atoms with Crippen molar-refractivity contribution in [2.24, 2.45) is 14.1 Å². The van der Waals surface area contributed by atoms with Crippen LogP contribution < -0.4 is 16.6 Å².